The van der Waals surface area contributed by atoms with Gasteiger partial charge in [0.25, 0.3) is 5.56 Å². The van der Waals surface area contributed by atoms with Gasteiger partial charge in [-0.05, 0) is 26.3 Å². The number of H-pyrrole nitrogens is 2. The normalized spacial score (nSPS) is 12.0. The monoisotopic (exact) mass is 319 g/mol. The first kappa shape index (κ1) is 16.7. The van der Waals surface area contributed by atoms with Crippen molar-refractivity contribution in [3.8, 4) is 0 Å². The van der Waals surface area contributed by atoms with E-state index in [1.807, 2.05) is 0 Å². The van der Waals surface area contributed by atoms with Gasteiger partial charge in [0, 0.05) is 23.2 Å². The number of amides is 1. The number of hydrogen-bond acceptors (Lipinski definition) is 3. The van der Waals surface area contributed by atoms with E-state index in [-0.39, 0.29) is 24.6 Å². The number of hydrogen-bond donors (Lipinski definition) is 3. The van der Waals surface area contributed by atoms with Crippen LogP contribution in [0, 0.1) is 12.7 Å². The molecule has 0 spiro atoms. The van der Waals surface area contributed by atoms with Gasteiger partial charge in [-0.1, -0.05) is 18.2 Å². The van der Waals surface area contributed by atoms with Crippen molar-refractivity contribution >= 4 is 5.91 Å². The van der Waals surface area contributed by atoms with Gasteiger partial charge < -0.3 is 10.3 Å². The molecule has 0 aliphatic rings. The smallest absolute Gasteiger partial charge is 0.325 e. The summed E-state index contributed by atoms with van der Waals surface area (Å²) in [4.78, 5) is 39.4. The van der Waals surface area contributed by atoms with Crippen LogP contribution in [0.4, 0.5) is 4.39 Å². The lowest BCUT2D eigenvalue weighted by molar-refractivity contribution is -0.121. The molecule has 1 aromatic carbocycles. The number of halogens is 1. The Morgan fingerprint density at radius 3 is 2.61 bits per heavy atom. The molecule has 1 heterocycles. The molecule has 23 heavy (non-hydrogen) atoms. The molecule has 7 heteroatoms. The molecule has 0 bridgehead atoms. The van der Waals surface area contributed by atoms with Gasteiger partial charge in [-0.25, -0.2) is 9.18 Å². The van der Waals surface area contributed by atoms with Gasteiger partial charge in [0.2, 0.25) is 5.91 Å². The summed E-state index contributed by atoms with van der Waals surface area (Å²) in [6.45, 7) is 3.29. The fourth-order valence-electron chi connectivity index (χ4n) is 2.38. The van der Waals surface area contributed by atoms with Crippen LogP contribution in [0.5, 0.6) is 0 Å². The first-order valence-corrected chi connectivity index (χ1v) is 7.24. The Hall–Kier alpha value is -2.70. The van der Waals surface area contributed by atoms with Crippen LogP contribution >= 0.6 is 0 Å². The van der Waals surface area contributed by atoms with Crippen molar-refractivity contribution in [2.75, 3.05) is 0 Å². The van der Waals surface area contributed by atoms with Crippen LogP contribution in [0.25, 0.3) is 0 Å². The predicted molar refractivity (Wildman–Crippen MR) is 83.7 cm³/mol. The first-order chi connectivity index (χ1) is 10.9. The number of nitrogens with one attached hydrogen (secondary N) is 3. The summed E-state index contributed by atoms with van der Waals surface area (Å²) in [5.74, 6) is -0.682. The Morgan fingerprint density at radius 1 is 1.26 bits per heavy atom. The Balaban J connectivity index is 2.00. The largest absolute Gasteiger partial charge is 0.349 e. The van der Waals surface area contributed by atoms with Crippen molar-refractivity contribution in [3.63, 3.8) is 0 Å². The third kappa shape index (κ3) is 4.15. The van der Waals surface area contributed by atoms with Crippen molar-refractivity contribution in [2.45, 2.75) is 32.7 Å². The van der Waals surface area contributed by atoms with E-state index in [1.54, 1.807) is 32.0 Å². The van der Waals surface area contributed by atoms with Crippen LogP contribution in [0.3, 0.4) is 0 Å². The highest BCUT2D eigenvalue weighted by atomic mass is 19.1. The zero-order valence-corrected chi connectivity index (χ0v) is 12.9. The quantitative estimate of drug-likeness (QED) is 0.775. The summed E-state index contributed by atoms with van der Waals surface area (Å²) < 4.78 is 13.7. The van der Waals surface area contributed by atoms with E-state index in [2.05, 4.69) is 15.3 Å². The highest BCUT2D eigenvalue weighted by Gasteiger charge is 2.14. The maximum Gasteiger partial charge on any atom is 0.325 e. The molecule has 2 rings (SSSR count). The second-order valence-electron chi connectivity index (χ2n) is 5.32. The third-order valence-electron chi connectivity index (χ3n) is 3.61. The summed E-state index contributed by atoms with van der Waals surface area (Å²) in [5.41, 5.74) is 0.126. The van der Waals surface area contributed by atoms with Crippen molar-refractivity contribution in [2.24, 2.45) is 0 Å². The number of aromatic amines is 2. The highest BCUT2D eigenvalue weighted by molar-refractivity contribution is 5.76. The molecule has 2 aromatic rings. The summed E-state index contributed by atoms with van der Waals surface area (Å²) in [7, 11) is 0. The van der Waals surface area contributed by atoms with Gasteiger partial charge in [-0.3, -0.25) is 14.6 Å². The van der Waals surface area contributed by atoms with Gasteiger partial charge in [0.1, 0.15) is 5.82 Å². The highest BCUT2D eigenvalue weighted by Crippen LogP contribution is 2.16. The second-order valence-corrected chi connectivity index (χ2v) is 5.32. The minimum absolute atomic E-state index is 0.0642. The molecule has 0 unspecified atom stereocenters. The molecule has 1 aromatic heterocycles. The van der Waals surface area contributed by atoms with E-state index < -0.39 is 17.3 Å². The standard InChI is InChI=1S/C16H18FN3O3/c1-9(11-5-3-4-6-13(11)17)18-14(21)8-7-12-10(2)19-16(23)20-15(12)22/h3-6,9H,7-8H2,1-2H3,(H,18,21)(H2,19,20,22,23)/t9-/m0/s1. The summed E-state index contributed by atoms with van der Waals surface area (Å²) in [6.07, 6.45) is 0.253. The fourth-order valence-corrected chi connectivity index (χ4v) is 2.38. The SMILES string of the molecule is Cc1[nH]c(=O)[nH]c(=O)c1CCC(=O)N[C@@H](C)c1ccccc1F. The van der Waals surface area contributed by atoms with Crippen LogP contribution in [0.15, 0.2) is 33.9 Å². The van der Waals surface area contributed by atoms with E-state index in [0.717, 1.165) is 0 Å². The van der Waals surface area contributed by atoms with Gasteiger partial charge in [-0.15, -0.1) is 0 Å². The number of carbonyl (C=O) groups excluding carboxylic acids is 1. The second kappa shape index (κ2) is 7.04. The van der Waals surface area contributed by atoms with E-state index in [4.69, 9.17) is 0 Å². The summed E-state index contributed by atoms with van der Waals surface area (Å²) in [6, 6.07) is 5.75. The average Bonchev–Trinajstić information content (AvgIpc) is 2.46. The fraction of sp³-hybridized carbons (Fsp3) is 0.312. The van der Waals surface area contributed by atoms with Crippen molar-refractivity contribution in [1.29, 1.82) is 0 Å². The van der Waals surface area contributed by atoms with Crippen LogP contribution in [-0.4, -0.2) is 15.9 Å². The Labute approximate surface area is 131 Å². The van der Waals surface area contributed by atoms with Gasteiger partial charge in [-0.2, -0.15) is 0 Å². The summed E-state index contributed by atoms with van der Waals surface area (Å²) >= 11 is 0. The molecule has 0 fully saturated rings. The molecule has 0 aliphatic carbocycles. The molecular formula is C16H18FN3O3. The van der Waals surface area contributed by atoms with Crippen LogP contribution in [-0.2, 0) is 11.2 Å². The lowest BCUT2D eigenvalue weighted by Gasteiger charge is -2.15. The van der Waals surface area contributed by atoms with Crippen molar-refractivity contribution < 1.29 is 9.18 Å². The Bertz CT molecular complexity index is 826. The number of aromatic nitrogens is 2. The molecule has 1 atom stereocenters. The molecule has 122 valence electrons. The molecule has 0 saturated heterocycles. The molecule has 3 N–H and O–H groups in total. The number of carbonyl (C=O) groups is 1. The molecule has 0 aliphatic heterocycles. The zero-order valence-electron chi connectivity index (χ0n) is 12.9. The number of aryl methyl sites for hydroxylation is 1. The Morgan fingerprint density at radius 2 is 1.96 bits per heavy atom. The molecule has 0 saturated carbocycles. The van der Waals surface area contributed by atoms with Crippen LogP contribution < -0.4 is 16.6 Å². The van der Waals surface area contributed by atoms with Crippen LogP contribution in [0.2, 0.25) is 0 Å². The van der Waals surface area contributed by atoms with E-state index in [0.29, 0.717) is 16.8 Å². The Kier molecular flexibility index (Phi) is 5.10. The maximum absolute atomic E-state index is 13.7. The van der Waals surface area contributed by atoms with E-state index in [1.165, 1.54) is 6.07 Å². The third-order valence-corrected chi connectivity index (χ3v) is 3.61. The van der Waals surface area contributed by atoms with E-state index in [9.17, 15) is 18.8 Å². The number of rotatable bonds is 5. The maximum atomic E-state index is 13.7. The lowest BCUT2D eigenvalue weighted by atomic mass is 10.1. The number of benzene rings is 1. The molecule has 1 amide bonds. The molecule has 6 nitrogen and oxygen atoms in total. The van der Waals surface area contributed by atoms with Gasteiger partial charge in [0.05, 0.1) is 6.04 Å². The van der Waals surface area contributed by atoms with Crippen molar-refractivity contribution in [3.05, 3.63) is 67.7 Å². The zero-order chi connectivity index (χ0) is 17.0. The van der Waals surface area contributed by atoms with Crippen molar-refractivity contribution in [1.82, 2.24) is 15.3 Å². The van der Waals surface area contributed by atoms with Gasteiger partial charge in [0.15, 0.2) is 0 Å². The lowest BCUT2D eigenvalue weighted by Crippen LogP contribution is -2.30. The topological polar surface area (TPSA) is 94.8 Å². The average molecular weight is 319 g/mol. The predicted octanol–water partition coefficient (Wildman–Crippen LogP) is 1.32. The molecule has 0 radical (unpaired) electrons. The minimum atomic E-state index is -0.575. The van der Waals surface area contributed by atoms with Gasteiger partial charge >= 0.3 is 5.69 Å². The van der Waals surface area contributed by atoms with Crippen LogP contribution in [0.1, 0.15) is 36.2 Å². The summed E-state index contributed by atoms with van der Waals surface area (Å²) in [5, 5.41) is 2.69. The minimum Gasteiger partial charge on any atom is -0.349 e. The molecular weight excluding hydrogens is 301 g/mol. The van der Waals surface area contributed by atoms with E-state index >= 15 is 0 Å². The first-order valence-electron chi connectivity index (χ1n) is 7.24.